The predicted octanol–water partition coefficient (Wildman–Crippen LogP) is 0.0513. The van der Waals surface area contributed by atoms with Gasteiger partial charge in [-0.1, -0.05) is 6.92 Å². The van der Waals surface area contributed by atoms with Crippen molar-refractivity contribution in [3.8, 4) is 0 Å². The van der Waals surface area contributed by atoms with Crippen LogP contribution in [0.4, 0.5) is 0 Å². The molecule has 0 amide bonds. The fourth-order valence-corrected chi connectivity index (χ4v) is 0.454. The first kappa shape index (κ1) is 11.6. The van der Waals surface area contributed by atoms with E-state index in [1.54, 1.807) is 0 Å². The van der Waals surface area contributed by atoms with E-state index in [0.717, 1.165) is 6.42 Å². The Hall–Kier alpha value is 0.836. The molecule has 0 aliphatic carbocycles. The molecule has 0 saturated heterocycles. The van der Waals surface area contributed by atoms with Crippen LogP contribution in [0.1, 0.15) is 16.2 Å². The Morgan fingerprint density at radius 2 is 2.38 bits per heavy atom. The molecule has 0 aromatic heterocycles. The first-order chi connectivity index (χ1) is 3.27. The van der Waals surface area contributed by atoms with Crippen molar-refractivity contribution in [3.05, 3.63) is 0 Å². The summed E-state index contributed by atoms with van der Waals surface area (Å²) in [5.74, 6) is 0. The van der Waals surface area contributed by atoms with Gasteiger partial charge in [0.15, 0.2) is 0 Å². The van der Waals surface area contributed by atoms with Crippen molar-refractivity contribution < 1.29 is 15.8 Å². The van der Waals surface area contributed by atoms with E-state index in [1.807, 2.05) is 6.92 Å². The average Bonchev–Trinajstić information content (AvgIpc) is 1.61. The van der Waals surface area contributed by atoms with Crippen LogP contribution in [0.25, 0.3) is 0 Å². The molecule has 0 radical (unpaired) electrons. The van der Waals surface area contributed by atoms with Crippen molar-refractivity contribution in [1.82, 2.24) is 0 Å². The second-order valence-electron chi connectivity index (χ2n) is 1.03. The molecule has 0 spiro atoms. The van der Waals surface area contributed by atoms with Gasteiger partial charge in [0.1, 0.15) is 0 Å². The molecule has 0 fully saturated rings. The van der Waals surface area contributed by atoms with Gasteiger partial charge < -0.3 is 11.6 Å². The van der Waals surface area contributed by atoms with Crippen LogP contribution in [0.3, 0.4) is 0 Å². The fourth-order valence-electron chi connectivity index (χ4n) is 0.151. The Balaban J connectivity index is -0.0000000600. The molecule has 8 heavy (non-hydrogen) atoms. The third-order valence-corrected chi connectivity index (χ3v) is 0.743. The summed E-state index contributed by atoms with van der Waals surface area (Å²) in [5, 5.41) is 0. The second-order valence-corrected chi connectivity index (χ2v) is 1.67. The van der Waals surface area contributed by atoms with Crippen molar-refractivity contribution >= 4 is 34.4 Å². The fraction of sp³-hybridized carbons (Fsp3) is 1.00. The van der Waals surface area contributed by atoms with Gasteiger partial charge in [0.2, 0.25) is 0 Å². The summed E-state index contributed by atoms with van der Waals surface area (Å²) >= 11 is -2.32. The molecule has 48 valence electrons. The number of hydrogen-bond acceptors (Lipinski definition) is 3. The summed E-state index contributed by atoms with van der Waals surface area (Å²) in [6, 6.07) is 0. The quantitative estimate of drug-likeness (QED) is 0.421. The van der Waals surface area contributed by atoms with Crippen molar-refractivity contribution in [3.63, 3.8) is 0 Å². The summed E-state index contributed by atoms with van der Waals surface area (Å²) in [4.78, 5) is 0. The van der Waals surface area contributed by atoms with Gasteiger partial charge >= 0.3 is 23.1 Å². The summed E-state index contributed by atoms with van der Waals surface area (Å²) in [5.41, 5.74) is 0. The Labute approximate surface area is 70.4 Å². The van der Waals surface area contributed by atoms with E-state index in [-0.39, 0.29) is 32.5 Å². The zero-order valence-electron chi connectivity index (χ0n) is 6.75. The summed E-state index contributed by atoms with van der Waals surface area (Å²) < 4.78 is 23.2. The molecule has 0 bridgehead atoms. The van der Waals surface area contributed by atoms with E-state index >= 15 is 0 Å². The van der Waals surface area contributed by atoms with E-state index in [2.05, 4.69) is 4.18 Å². The monoisotopic (exact) mass is 149 g/mol. The minimum Gasteiger partial charge on any atom is -1.00 e. The molecular formula is C3H9MgO3S-. The first-order valence-electron chi connectivity index (χ1n) is 2.00. The Bertz CT molecular complexity index is 74.8. The minimum atomic E-state index is -2.32. The van der Waals surface area contributed by atoms with E-state index in [0.29, 0.717) is 0 Å². The van der Waals surface area contributed by atoms with Gasteiger partial charge in [-0.2, -0.15) is 0 Å². The SMILES string of the molecule is CCCOS(=O)[O-].[H-].[H-].[Mg+2]. The molecule has 0 N–H and O–H groups in total. The molecule has 0 aromatic rings. The summed E-state index contributed by atoms with van der Waals surface area (Å²) in [7, 11) is 0. The molecule has 1 unspecified atom stereocenters. The first-order valence-corrected chi connectivity index (χ1v) is 3.00. The predicted molar refractivity (Wildman–Crippen MR) is 33.1 cm³/mol. The van der Waals surface area contributed by atoms with E-state index < -0.39 is 11.4 Å². The summed E-state index contributed by atoms with van der Waals surface area (Å²) in [6.45, 7) is 2.13. The molecular weight excluding hydrogens is 140 g/mol. The maximum Gasteiger partial charge on any atom is 2.00 e. The molecule has 0 rings (SSSR count). The third-order valence-electron chi connectivity index (χ3n) is 0.384. The van der Waals surface area contributed by atoms with Crippen LogP contribution < -0.4 is 0 Å². The smallest absolute Gasteiger partial charge is 1.00 e. The molecule has 0 aromatic carbocycles. The number of hydrogen-bond donors (Lipinski definition) is 0. The van der Waals surface area contributed by atoms with Crippen LogP contribution in [0.2, 0.25) is 0 Å². The normalized spacial score (nSPS) is 12.2. The van der Waals surface area contributed by atoms with Gasteiger partial charge in [-0.3, -0.25) is 0 Å². The van der Waals surface area contributed by atoms with Crippen LogP contribution in [0.5, 0.6) is 0 Å². The van der Waals surface area contributed by atoms with E-state index in [4.69, 9.17) is 0 Å². The molecule has 0 aliphatic rings. The summed E-state index contributed by atoms with van der Waals surface area (Å²) in [6.07, 6.45) is 0.730. The van der Waals surface area contributed by atoms with Gasteiger partial charge in [0.05, 0.1) is 18.0 Å². The standard InChI is InChI=1S/C3H8O3S.Mg.2H/c1-2-3-6-7(4)5;;;/h2-3H2,1H3,(H,4,5);;;/q;+2;2*-1/p-1. The van der Waals surface area contributed by atoms with Crippen LogP contribution in [0.15, 0.2) is 0 Å². The van der Waals surface area contributed by atoms with Gasteiger partial charge in [-0.25, -0.2) is 4.21 Å². The maximum atomic E-state index is 9.54. The van der Waals surface area contributed by atoms with Crippen molar-refractivity contribution in [2.75, 3.05) is 6.61 Å². The van der Waals surface area contributed by atoms with Crippen molar-refractivity contribution in [2.24, 2.45) is 0 Å². The average molecular weight is 149 g/mol. The molecule has 0 aliphatic heterocycles. The molecule has 0 saturated carbocycles. The molecule has 0 heterocycles. The Morgan fingerprint density at radius 1 is 1.88 bits per heavy atom. The van der Waals surface area contributed by atoms with Gasteiger partial charge in [-0.15, -0.1) is 0 Å². The Morgan fingerprint density at radius 3 is 2.50 bits per heavy atom. The zero-order chi connectivity index (χ0) is 5.70. The van der Waals surface area contributed by atoms with Gasteiger partial charge in [-0.05, 0) is 6.42 Å². The van der Waals surface area contributed by atoms with Gasteiger partial charge in [0, 0.05) is 0 Å². The van der Waals surface area contributed by atoms with Crippen LogP contribution >= 0.6 is 0 Å². The largest absolute Gasteiger partial charge is 2.00 e. The second kappa shape index (κ2) is 7.84. The van der Waals surface area contributed by atoms with Crippen LogP contribution in [0, 0.1) is 0 Å². The van der Waals surface area contributed by atoms with Gasteiger partial charge in [0.25, 0.3) is 0 Å². The molecule has 3 nitrogen and oxygen atoms in total. The van der Waals surface area contributed by atoms with Crippen molar-refractivity contribution in [2.45, 2.75) is 13.3 Å². The van der Waals surface area contributed by atoms with Crippen molar-refractivity contribution in [1.29, 1.82) is 0 Å². The van der Waals surface area contributed by atoms with Crippen LogP contribution in [-0.2, 0) is 15.5 Å². The van der Waals surface area contributed by atoms with Crippen LogP contribution in [-0.4, -0.2) is 38.4 Å². The third kappa shape index (κ3) is 9.96. The van der Waals surface area contributed by atoms with E-state index in [1.165, 1.54) is 0 Å². The Kier molecular flexibility index (Phi) is 11.4. The molecule has 1 atom stereocenters. The zero-order valence-corrected chi connectivity index (χ0v) is 6.99. The maximum absolute atomic E-state index is 9.54. The van der Waals surface area contributed by atoms with E-state index in [9.17, 15) is 8.76 Å². The number of rotatable bonds is 3. The molecule has 5 heteroatoms. The minimum absolute atomic E-state index is 0. The topological polar surface area (TPSA) is 49.4 Å².